The molecule has 0 aromatic rings. The zero-order valence-electron chi connectivity index (χ0n) is 16.6. The van der Waals surface area contributed by atoms with Crippen molar-refractivity contribution in [2.45, 2.75) is 38.0 Å². The van der Waals surface area contributed by atoms with Crippen molar-refractivity contribution in [2.24, 2.45) is 0 Å². The topological polar surface area (TPSA) is 70.0 Å². The van der Waals surface area contributed by atoms with Crippen LogP contribution in [0.1, 0.15) is 27.7 Å². The normalized spacial score (nSPS) is 24.1. The molecule has 1 heterocycles. The molecule has 1 rings (SSSR count). The Bertz CT molecular complexity index is 935. The van der Waals surface area contributed by atoms with Crippen LogP contribution in [0.5, 0.6) is 0 Å². The first-order chi connectivity index (χ1) is 12.3. The van der Waals surface area contributed by atoms with Gasteiger partial charge in [0.25, 0.3) is 0 Å². The van der Waals surface area contributed by atoms with Gasteiger partial charge in [-0.2, -0.15) is 0 Å². The lowest BCUT2D eigenvalue weighted by Crippen LogP contribution is -2.65. The minimum absolute atomic E-state index is 0.0412. The smallest absolute Gasteiger partial charge is 0.165 e. The summed E-state index contributed by atoms with van der Waals surface area (Å²) in [6.07, 6.45) is 6.71. The zero-order chi connectivity index (χ0) is 21.0. The van der Waals surface area contributed by atoms with E-state index in [4.69, 9.17) is 5.41 Å². The van der Waals surface area contributed by atoms with Crippen molar-refractivity contribution in [2.75, 3.05) is 5.75 Å². The molecule has 0 aromatic carbocycles. The van der Waals surface area contributed by atoms with Crippen molar-refractivity contribution in [3.8, 4) is 11.8 Å². The standard InChI is InChI=1S/C22H28N2O2S/c1-9-12-18(10-2)13-16(4)17(5)14-19(11-3)22(8)15-27(25,26)21(6,7)20(23)24-22/h10-11,13-14H,2-5,15H2,1,6-8H3,(H2,23,24)/b18-13+,19-14+/t22-/m0/s1. The van der Waals surface area contributed by atoms with Crippen LogP contribution < -0.4 is 5.32 Å². The fraction of sp³-hybridized carbons (Fsp3) is 0.318. The molecular weight excluding hydrogens is 356 g/mol. The quantitative estimate of drug-likeness (QED) is 0.539. The van der Waals surface area contributed by atoms with Crippen LogP contribution in [0.15, 0.2) is 72.9 Å². The van der Waals surface area contributed by atoms with Crippen LogP contribution in [-0.4, -0.2) is 30.3 Å². The molecule has 0 saturated carbocycles. The third-order valence-electron chi connectivity index (χ3n) is 4.68. The van der Waals surface area contributed by atoms with Crippen LogP contribution in [0.25, 0.3) is 0 Å². The van der Waals surface area contributed by atoms with Crippen LogP contribution in [0.2, 0.25) is 0 Å². The van der Waals surface area contributed by atoms with E-state index in [1.165, 1.54) is 13.8 Å². The summed E-state index contributed by atoms with van der Waals surface area (Å²) in [4.78, 5) is 0. The molecule has 0 radical (unpaired) electrons. The van der Waals surface area contributed by atoms with Gasteiger partial charge in [-0.05, 0) is 56.6 Å². The van der Waals surface area contributed by atoms with Gasteiger partial charge in [0.2, 0.25) is 0 Å². The molecule has 144 valence electrons. The van der Waals surface area contributed by atoms with Gasteiger partial charge in [0.05, 0.1) is 11.3 Å². The average Bonchev–Trinajstić information content (AvgIpc) is 2.56. The minimum atomic E-state index is -3.53. The van der Waals surface area contributed by atoms with E-state index < -0.39 is 20.1 Å². The largest absolute Gasteiger partial charge is 0.362 e. The summed E-state index contributed by atoms with van der Waals surface area (Å²) in [5.41, 5.74) is 1.58. The number of hydrogen-bond donors (Lipinski definition) is 2. The summed E-state index contributed by atoms with van der Waals surface area (Å²) in [6, 6.07) is 0. The van der Waals surface area contributed by atoms with E-state index in [9.17, 15) is 8.42 Å². The summed E-state index contributed by atoms with van der Waals surface area (Å²) >= 11 is 0. The molecule has 5 heteroatoms. The monoisotopic (exact) mass is 384 g/mol. The molecule has 0 aliphatic carbocycles. The molecular formula is C22H28N2O2S. The summed E-state index contributed by atoms with van der Waals surface area (Å²) in [5.74, 6) is 5.52. The second kappa shape index (κ2) is 7.98. The number of allylic oxidation sites excluding steroid dienone is 6. The van der Waals surface area contributed by atoms with Gasteiger partial charge in [0.15, 0.2) is 9.84 Å². The molecule has 1 aliphatic rings. The minimum Gasteiger partial charge on any atom is -0.362 e. The molecule has 0 aromatic heterocycles. The van der Waals surface area contributed by atoms with Gasteiger partial charge >= 0.3 is 0 Å². The second-order valence-electron chi connectivity index (χ2n) is 7.13. The molecule has 0 bridgehead atoms. The number of amidine groups is 1. The van der Waals surface area contributed by atoms with Crippen molar-refractivity contribution in [3.63, 3.8) is 0 Å². The van der Waals surface area contributed by atoms with Crippen LogP contribution in [0.4, 0.5) is 0 Å². The lowest BCUT2D eigenvalue weighted by molar-refractivity contribution is 0.487. The fourth-order valence-electron chi connectivity index (χ4n) is 2.63. The Hall–Kier alpha value is -2.58. The SMILES string of the molecule is C=C/C(C#CC)=C\C(=C)C(=C)/C=C(\C=C)[C@]1(C)CS(=O)(=O)C(C)(C)C(=N)N1. The Labute approximate surface area is 163 Å². The highest BCUT2D eigenvalue weighted by Gasteiger charge is 2.50. The fourth-order valence-corrected chi connectivity index (χ4v) is 4.35. The number of sulfone groups is 1. The van der Waals surface area contributed by atoms with E-state index >= 15 is 0 Å². The Morgan fingerprint density at radius 2 is 1.70 bits per heavy atom. The van der Waals surface area contributed by atoms with Crippen LogP contribution in [-0.2, 0) is 9.84 Å². The first-order valence-electron chi connectivity index (χ1n) is 8.44. The highest BCUT2D eigenvalue weighted by molar-refractivity contribution is 7.93. The predicted molar refractivity (Wildman–Crippen MR) is 115 cm³/mol. The maximum absolute atomic E-state index is 12.7. The van der Waals surface area contributed by atoms with Crippen LogP contribution in [0.3, 0.4) is 0 Å². The van der Waals surface area contributed by atoms with Gasteiger partial charge < -0.3 is 5.32 Å². The van der Waals surface area contributed by atoms with Crippen molar-refractivity contribution >= 4 is 15.7 Å². The highest BCUT2D eigenvalue weighted by Crippen LogP contribution is 2.33. The van der Waals surface area contributed by atoms with Crippen LogP contribution in [0, 0.1) is 17.3 Å². The maximum Gasteiger partial charge on any atom is 0.165 e. The molecule has 1 atom stereocenters. The first kappa shape index (κ1) is 22.5. The summed E-state index contributed by atoms with van der Waals surface area (Å²) in [5, 5.41) is 11.2. The summed E-state index contributed by atoms with van der Waals surface area (Å²) < 4.78 is 24.2. The van der Waals surface area contributed by atoms with Crippen molar-refractivity contribution in [1.29, 1.82) is 5.41 Å². The molecule has 2 N–H and O–H groups in total. The average molecular weight is 385 g/mol. The molecule has 1 saturated heterocycles. The Balaban J connectivity index is 3.30. The van der Waals surface area contributed by atoms with Gasteiger partial charge in [-0.15, -0.1) is 5.92 Å². The second-order valence-corrected chi connectivity index (χ2v) is 9.67. The Morgan fingerprint density at radius 3 is 2.15 bits per heavy atom. The van der Waals surface area contributed by atoms with Gasteiger partial charge in [-0.25, -0.2) is 8.42 Å². The third-order valence-corrected chi connectivity index (χ3v) is 7.39. The van der Waals surface area contributed by atoms with E-state index in [-0.39, 0.29) is 11.6 Å². The molecule has 0 amide bonds. The summed E-state index contributed by atoms with van der Waals surface area (Å²) in [7, 11) is -3.53. The van der Waals surface area contributed by atoms with Crippen LogP contribution >= 0.6 is 0 Å². The Morgan fingerprint density at radius 1 is 1.15 bits per heavy atom. The highest BCUT2D eigenvalue weighted by atomic mass is 32.2. The first-order valence-corrected chi connectivity index (χ1v) is 10.1. The zero-order valence-corrected chi connectivity index (χ0v) is 17.4. The molecule has 1 aliphatic heterocycles. The van der Waals surface area contributed by atoms with E-state index in [1.807, 2.05) is 0 Å². The van der Waals surface area contributed by atoms with Gasteiger partial charge in [-0.3, -0.25) is 5.41 Å². The van der Waals surface area contributed by atoms with Crippen molar-refractivity contribution < 1.29 is 8.42 Å². The number of hydrogen-bond acceptors (Lipinski definition) is 3. The molecule has 0 unspecified atom stereocenters. The van der Waals surface area contributed by atoms with E-state index in [1.54, 1.807) is 38.2 Å². The van der Waals surface area contributed by atoms with Gasteiger partial charge in [-0.1, -0.05) is 44.4 Å². The molecule has 4 nitrogen and oxygen atoms in total. The lowest BCUT2D eigenvalue weighted by Gasteiger charge is -2.43. The van der Waals surface area contributed by atoms with Gasteiger partial charge in [0, 0.05) is 5.57 Å². The predicted octanol–water partition coefficient (Wildman–Crippen LogP) is 3.88. The molecule has 1 fully saturated rings. The van der Waals surface area contributed by atoms with E-state index in [0.29, 0.717) is 22.3 Å². The maximum atomic E-state index is 12.7. The van der Waals surface area contributed by atoms with E-state index in [0.717, 1.165) is 0 Å². The van der Waals surface area contributed by atoms with Gasteiger partial charge in [0.1, 0.15) is 10.6 Å². The van der Waals surface area contributed by atoms with E-state index in [2.05, 4.69) is 43.5 Å². The molecule has 0 spiro atoms. The Kier molecular flexibility index (Phi) is 6.63. The number of rotatable bonds is 6. The summed E-state index contributed by atoms with van der Waals surface area (Å²) in [6.45, 7) is 22.1. The third kappa shape index (κ3) is 4.58. The molecule has 27 heavy (non-hydrogen) atoms. The lowest BCUT2D eigenvalue weighted by atomic mass is 9.89. The van der Waals surface area contributed by atoms with Crippen molar-refractivity contribution in [1.82, 2.24) is 5.32 Å². The number of nitrogens with one attached hydrogen (secondary N) is 2. The van der Waals surface area contributed by atoms with Crippen molar-refractivity contribution in [3.05, 3.63) is 72.9 Å².